The summed E-state index contributed by atoms with van der Waals surface area (Å²) in [6.07, 6.45) is -5.20. The maximum atomic E-state index is 13.4. The van der Waals surface area contributed by atoms with Gasteiger partial charge in [0.2, 0.25) is 12.3 Å². The van der Waals surface area contributed by atoms with Gasteiger partial charge in [-0.25, -0.2) is 4.79 Å². The lowest BCUT2D eigenvalue weighted by molar-refractivity contribution is -0.137. The van der Waals surface area contributed by atoms with Gasteiger partial charge in [-0.3, -0.25) is 15.2 Å². The molecule has 2 heterocycles. The number of rotatable bonds is 6. The number of aldehydes is 1. The number of nitrogens with zero attached hydrogens (tertiary/aromatic N) is 4. The molecule has 0 aromatic heterocycles. The third-order valence-corrected chi connectivity index (χ3v) is 5.58. The summed E-state index contributed by atoms with van der Waals surface area (Å²) in [6.45, 7) is 1.13. The Morgan fingerprint density at radius 1 is 1.29 bits per heavy atom. The van der Waals surface area contributed by atoms with E-state index in [0.717, 1.165) is 12.1 Å². The van der Waals surface area contributed by atoms with E-state index in [0.29, 0.717) is 17.4 Å². The highest BCUT2D eigenvalue weighted by Gasteiger charge is 2.47. The molecule has 180 valence electrons. The number of carbonyl (C=O) groups excluding carboxylic acids is 1. The minimum absolute atomic E-state index is 0.0379. The molecule has 2 N–H and O–H groups in total. The number of guanidine groups is 1. The number of fused-ring (bicyclic) bond motifs is 1. The summed E-state index contributed by atoms with van der Waals surface area (Å²) in [6, 6.07) is 11.6. The fraction of sp³-hybridized carbons (Fsp3) is 0.217. The van der Waals surface area contributed by atoms with E-state index >= 15 is 0 Å². The second-order valence-electron chi connectivity index (χ2n) is 7.62. The van der Waals surface area contributed by atoms with Gasteiger partial charge in [-0.2, -0.15) is 18.4 Å². The lowest BCUT2D eigenvalue weighted by atomic mass is 9.92. The third kappa shape index (κ3) is 4.29. The fourth-order valence-electron chi connectivity index (χ4n) is 4.08. The Morgan fingerprint density at radius 2 is 2.00 bits per heavy atom. The summed E-state index contributed by atoms with van der Waals surface area (Å²) in [5.74, 6) is -1.23. The molecular formula is C23H18F3N5O4. The Bertz CT molecular complexity index is 1270. The van der Waals surface area contributed by atoms with E-state index in [1.807, 2.05) is 6.07 Å². The number of nitriles is 1. The number of nitrogens with one attached hydrogen (secondary N) is 1. The number of allylic oxidation sites excluding steroid dienone is 1. The van der Waals surface area contributed by atoms with Gasteiger partial charge in [0.25, 0.3) is 0 Å². The van der Waals surface area contributed by atoms with E-state index in [2.05, 4.69) is 10.5 Å². The van der Waals surface area contributed by atoms with Crippen molar-refractivity contribution in [1.29, 1.82) is 5.26 Å². The molecule has 0 spiro atoms. The fourth-order valence-corrected chi connectivity index (χ4v) is 4.08. The first-order valence-electron chi connectivity index (χ1n) is 10.3. The second kappa shape index (κ2) is 9.11. The van der Waals surface area contributed by atoms with Crippen molar-refractivity contribution in [3.05, 3.63) is 76.5 Å². The van der Waals surface area contributed by atoms with Crippen LogP contribution in [0.1, 0.15) is 29.7 Å². The molecular weight excluding hydrogens is 467 g/mol. The SMILES string of the molecule is CC1=C(C(=O)O)C(c2ccc(C#N)cc2)N2C(=NNC2OCC=O)N1c1cccc(C(F)(F)F)c1. The number of halogens is 3. The predicted octanol–water partition coefficient (Wildman–Crippen LogP) is 3.17. The average Bonchev–Trinajstić information content (AvgIpc) is 3.24. The topological polar surface area (TPSA) is 118 Å². The van der Waals surface area contributed by atoms with Crippen molar-refractivity contribution in [1.82, 2.24) is 10.3 Å². The number of hydrogen-bond donors (Lipinski definition) is 2. The molecule has 0 bridgehead atoms. The van der Waals surface area contributed by atoms with Gasteiger partial charge in [-0.05, 0) is 42.8 Å². The molecule has 0 fully saturated rings. The predicted molar refractivity (Wildman–Crippen MR) is 116 cm³/mol. The molecule has 2 aliphatic heterocycles. The summed E-state index contributed by atoms with van der Waals surface area (Å²) >= 11 is 0. The van der Waals surface area contributed by atoms with Crippen LogP contribution in [0.4, 0.5) is 18.9 Å². The first-order chi connectivity index (χ1) is 16.7. The highest BCUT2D eigenvalue weighted by atomic mass is 19.4. The zero-order valence-electron chi connectivity index (χ0n) is 18.2. The molecule has 0 amide bonds. The molecule has 35 heavy (non-hydrogen) atoms. The summed E-state index contributed by atoms with van der Waals surface area (Å²) in [5, 5.41) is 23.5. The molecule has 12 heteroatoms. The van der Waals surface area contributed by atoms with E-state index in [1.165, 1.54) is 41.0 Å². The van der Waals surface area contributed by atoms with E-state index in [-0.39, 0.29) is 29.5 Å². The van der Waals surface area contributed by atoms with Gasteiger partial charge >= 0.3 is 12.1 Å². The monoisotopic (exact) mass is 485 g/mol. The van der Waals surface area contributed by atoms with Gasteiger partial charge in [-0.15, -0.1) is 5.10 Å². The van der Waals surface area contributed by atoms with Gasteiger partial charge in [0.1, 0.15) is 12.9 Å². The Kier molecular flexibility index (Phi) is 6.19. The van der Waals surface area contributed by atoms with Crippen LogP contribution >= 0.6 is 0 Å². The van der Waals surface area contributed by atoms with Crippen LogP contribution < -0.4 is 10.3 Å². The van der Waals surface area contributed by atoms with Gasteiger partial charge in [0.15, 0.2) is 0 Å². The quantitative estimate of drug-likeness (QED) is 0.599. The highest BCUT2D eigenvalue weighted by Crippen LogP contribution is 2.42. The number of anilines is 1. The second-order valence-corrected chi connectivity index (χ2v) is 7.62. The molecule has 4 rings (SSSR count). The Labute approximate surface area is 197 Å². The summed E-state index contributed by atoms with van der Waals surface area (Å²) in [4.78, 5) is 26.1. The van der Waals surface area contributed by atoms with Crippen molar-refractivity contribution >= 4 is 23.9 Å². The molecule has 2 aliphatic rings. The number of alkyl halides is 3. The van der Waals surface area contributed by atoms with Gasteiger partial charge in [-0.1, -0.05) is 18.2 Å². The summed E-state index contributed by atoms with van der Waals surface area (Å²) in [5.41, 5.74) is 2.62. The number of aliphatic carboxylic acids is 1. The van der Waals surface area contributed by atoms with Gasteiger partial charge in [0.05, 0.1) is 28.8 Å². The largest absolute Gasteiger partial charge is 0.478 e. The van der Waals surface area contributed by atoms with Gasteiger partial charge in [0, 0.05) is 11.4 Å². The highest BCUT2D eigenvalue weighted by molar-refractivity contribution is 6.05. The maximum absolute atomic E-state index is 13.4. The molecule has 2 unspecified atom stereocenters. The van der Waals surface area contributed by atoms with Crippen molar-refractivity contribution in [2.45, 2.75) is 25.5 Å². The van der Waals surface area contributed by atoms with Crippen LogP contribution in [0.5, 0.6) is 0 Å². The number of hydrogen-bond acceptors (Lipinski definition) is 8. The number of ether oxygens (including phenoxy) is 1. The molecule has 0 saturated carbocycles. The van der Waals surface area contributed by atoms with Crippen LogP contribution in [0.2, 0.25) is 0 Å². The molecule has 2 aromatic carbocycles. The van der Waals surface area contributed by atoms with E-state index < -0.39 is 30.1 Å². The molecule has 2 aromatic rings. The van der Waals surface area contributed by atoms with Crippen molar-refractivity contribution in [3.63, 3.8) is 0 Å². The van der Waals surface area contributed by atoms with E-state index in [1.54, 1.807) is 12.1 Å². The van der Waals surface area contributed by atoms with Crippen LogP contribution in [-0.4, -0.2) is 41.2 Å². The summed E-state index contributed by atoms with van der Waals surface area (Å²) in [7, 11) is 0. The standard InChI is InChI=1S/C23H18F3N5O4/c1-13-18(20(33)34)19(15-7-5-14(12-27)6-8-15)31-21(28-29-22(31)35-10-9-32)30(13)17-4-2-3-16(11-17)23(24,25)26/h2-9,11,19,22,29H,10H2,1H3,(H,33,34). The van der Waals surface area contributed by atoms with Crippen molar-refractivity contribution in [3.8, 4) is 6.07 Å². The summed E-state index contributed by atoms with van der Waals surface area (Å²) < 4.78 is 45.7. The molecule has 0 radical (unpaired) electrons. The molecule has 0 saturated heterocycles. The molecule has 2 atom stereocenters. The van der Waals surface area contributed by atoms with Gasteiger partial charge < -0.3 is 14.6 Å². The Balaban J connectivity index is 1.92. The van der Waals surface area contributed by atoms with Crippen LogP contribution in [0, 0.1) is 11.3 Å². The van der Waals surface area contributed by atoms with Crippen molar-refractivity contribution in [2.24, 2.45) is 5.10 Å². The number of carboxylic acids is 1. The Morgan fingerprint density at radius 3 is 2.60 bits per heavy atom. The molecule has 9 nitrogen and oxygen atoms in total. The van der Waals surface area contributed by atoms with Crippen LogP contribution in [-0.2, 0) is 20.5 Å². The minimum atomic E-state index is -4.62. The molecule has 0 aliphatic carbocycles. The number of carbonyl (C=O) groups is 2. The lowest BCUT2D eigenvalue weighted by Crippen LogP contribution is -2.54. The third-order valence-electron chi connectivity index (χ3n) is 5.58. The first kappa shape index (κ1) is 23.8. The van der Waals surface area contributed by atoms with E-state index in [4.69, 9.17) is 10.00 Å². The average molecular weight is 485 g/mol. The van der Waals surface area contributed by atoms with Crippen LogP contribution in [0.25, 0.3) is 0 Å². The first-order valence-corrected chi connectivity index (χ1v) is 10.3. The smallest absolute Gasteiger partial charge is 0.416 e. The lowest BCUT2D eigenvalue weighted by Gasteiger charge is -2.43. The van der Waals surface area contributed by atoms with Crippen molar-refractivity contribution in [2.75, 3.05) is 11.5 Å². The number of carboxylic acid groups (broad SMARTS) is 1. The number of benzene rings is 2. The minimum Gasteiger partial charge on any atom is -0.478 e. The van der Waals surface area contributed by atoms with Crippen LogP contribution in [0.15, 0.2) is 64.9 Å². The number of hydrazone groups is 1. The Hall–Kier alpha value is -4.37. The van der Waals surface area contributed by atoms with Crippen LogP contribution in [0.3, 0.4) is 0 Å². The van der Waals surface area contributed by atoms with Crippen molar-refractivity contribution < 1.29 is 32.6 Å². The zero-order valence-corrected chi connectivity index (χ0v) is 18.2. The normalized spacial score (nSPS) is 19.6. The maximum Gasteiger partial charge on any atom is 0.416 e. The van der Waals surface area contributed by atoms with E-state index in [9.17, 15) is 27.9 Å². The zero-order chi connectivity index (χ0) is 25.3.